The molecule has 0 saturated heterocycles. The third-order valence-electron chi connectivity index (χ3n) is 5.17. The Morgan fingerprint density at radius 1 is 1.21 bits per heavy atom. The molecular weight excluding hydrogens is 378 g/mol. The number of hydrogen-bond donors (Lipinski definition) is 1. The molecule has 0 saturated carbocycles. The van der Waals surface area contributed by atoms with Gasteiger partial charge in [-0.25, -0.2) is 4.98 Å². The van der Waals surface area contributed by atoms with Gasteiger partial charge < -0.3 is 14.8 Å². The summed E-state index contributed by atoms with van der Waals surface area (Å²) in [5.41, 5.74) is 1.27. The van der Waals surface area contributed by atoms with Gasteiger partial charge in [0, 0.05) is 24.7 Å². The number of carbonyl (C=O) groups excluding carboxylic acids is 1. The van der Waals surface area contributed by atoms with Gasteiger partial charge in [0.15, 0.2) is 11.5 Å². The minimum atomic E-state index is -0.250. The lowest BCUT2D eigenvalue weighted by Crippen LogP contribution is -2.28. The molecule has 4 heterocycles. The van der Waals surface area contributed by atoms with Crippen molar-refractivity contribution in [3.8, 4) is 11.5 Å². The first-order valence-electron chi connectivity index (χ1n) is 9.35. The molecule has 1 N–H and O–H groups in total. The first-order chi connectivity index (χ1) is 13.6. The van der Waals surface area contributed by atoms with Crippen molar-refractivity contribution < 1.29 is 14.3 Å². The van der Waals surface area contributed by atoms with E-state index in [0.29, 0.717) is 57.6 Å². The maximum Gasteiger partial charge on any atom is 0.266 e. The molecule has 144 valence electrons. The Hall–Kier alpha value is -2.87. The Kier molecular flexibility index (Phi) is 4.08. The van der Waals surface area contributed by atoms with Crippen LogP contribution in [-0.2, 0) is 13.0 Å². The van der Waals surface area contributed by atoms with Crippen LogP contribution in [0.2, 0.25) is 0 Å². The predicted molar refractivity (Wildman–Crippen MR) is 107 cm³/mol. The number of nitrogens with zero attached hydrogens (tertiary/aromatic N) is 2. The van der Waals surface area contributed by atoms with Crippen LogP contribution in [0.1, 0.15) is 33.9 Å². The van der Waals surface area contributed by atoms with Crippen LogP contribution in [0.3, 0.4) is 0 Å². The summed E-state index contributed by atoms with van der Waals surface area (Å²) in [4.78, 5) is 31.6. The van der Waals surface area contributed by atoms with Gasteiger partial charge in [0.05, 0.1) is 10.3 Å². The first-order valence-corrected chi connectivity index (χ1v) is 10.2. The fourth-order valence-corrected chi connectivity index (χ4v) is 4.84. The molecule has 8 heteroatoms. The van der Waals surface area contributed by atoms with Crippen molar-refractivity contribution in [2.24, 2.45) is 0 Å². The molecule has 0 fully saturated rings. The van der Waals surface area contributed by atoms with E-state index in [1.54, 1.807) is 22.8 Å². The van der Waals surface area contributed by atoms with Crippen molar-refractivity contribution in [3.63, 3.8) is 0 Å². The molecule has 2 aromatic heterocycles. The largest absolute Gasteiger partial charge is 0.486 e. The number of benzene rings is 1. The van der Waals surface area contributed by atoms with Gasteiger partial charge in [0.1, 0.15) is 23.9 Å². The number of fused-ring (bicyclic) bond motifs is 3. The summed E-state index contributed by atoms with van der Waals surface area (Å²) in [5, 5.41) is 3.46. The fraction of sp³-hybridized carbons (Fsp3) is 0.350. The van der Waals surface area contributed by atoms with Crippen LogP contribution < -0.4 is 20.3 Å². The van der Waals surface area contributed by atoms with Gasteiger partial charge in [-0.1, -0.05) is 0 Å². The van der Waals surface area contributed by atoms with E-state index in [1.165, 1.54) is 11.3 Å². The second-order valence-electron chi connectivity index (χ2n) is 6.99. The van der Waals surface area contributed by atoms with Crippen LogP contribution >= 0.6 is 11.3 Å². The number of ether oxygens (including phenoxy) is 2. The Balaban J connectivity index is 1.50. The molecule has 0 spiro atoms. The summed E-state index contributed by atoms with van der Waals surface area (Å²) in [5.74, 6) is 1.86. The van der Waals surface area contributed by atoms with Gasteiger partial charge >= 0.3 is 0 Å². The van der Waals surface area contributed by atoms with Crippen LogP contribution in [0.4, 0.5) is 5.69 Å². The van der Waals surface area contributed by atoms with Crippen LogP contribution in [0, 0.1) is 6.92 Å². The molecule has 7 nitrogen and oxygen atoms in total. The SMILES string of the molecule is Cc1c(C(=O)Nc2ccc3c(c2)OCCO3)sc2nc3n(c(=O)c12)CCCC3. The Morgan fingerprint density at radius 3 is 2.89 bits per heavy atom. The number of thiophene rings is 1. The molecule has 1 aromatic carbocycles. The minimum Gasteiger partial charge on any atom is -0.486 e. The fourth-order valence-electron chi connectivity index (χ4n) is 3.76. The second-order valence-corrected chi connectivity index (χ2v) is 7.99. The van der Waals surface area contributed by atoms with Crippen molar-refractivity contribution in [2.45, 2.75) is 32.7 Å². The highest BCUT2D eigenvalue weighted by Crippen LogP contribution is 2.34. The molecule has 2 aliphatic rings. The molecule has 0 unspecified atom stereocenters. The van der Waals surface area contributed by atoms with Crippen molar-refractivity contribution >= 4 is 33.1 Å². The number of rotatable bonds is 2. The van der Waals surface area contributed by atoms with Crippen LogP contribution in [0.25, 0.3) is 10.2 Å². The topological polar surface area (TPSA) is 82.4 Å². The summed E-state index contributed by atoms with van der Waals surface area (Å²) in [7, 11) is 0. The summed E-state index contributed by atoms with van der Waals surface area (Å²) in [6.07, 6.45) is 2.83. The van der Waals surface area contributed by atoms with E-state index < -0.39 is 0 Å². The maximum atomic E-state index is 12.9. The molecule has 5 rings (SSSR count). The van der Waals surface area contributed by atoms with Crippen LogP contribution in [0.15, 0.2) is 23.0 Å². The third kappa shape index (κ3) is 2.75. The molecule has 3 aromatic rings. The van der Waals surface area contributed by atoms with Gasteiger partial charge in [-0.05, 0) is 37.5 Å². The van der Waals surface area contributed by atoms with Gasteiger partial charge in [-0.15, -0.1) is 11.3 Å². The Labute approximate surface area is 164 Å². The smallest absolute Gasteiger partial charge is 0.266 e. The number of anilines is 1. The van der Waals surface area contributed by atoms with Gasteiger partial charge in [0.25, 0.3) is 11.5 Å². The minimum absolute atomic E-state index is 0.0353. The number of aryl methyl sites for hydroxylation is 2. The molecule has 28 heavy (non-hydrogen) atoms. The second kappa shape index (κ2) is 6.63. The lowest BCUT2D eigenvalue weighted by atomic mass is 10.1. The predicted octanol–water partition coefficient (Wildman–Crippen LogP) is 3.13. The molecule has 0 radical (unpaired) electrons. The number of aromatic nitrogens is 2. The first kappa shape index (κ1) is 17.2. The summed E-state index contributed by atoms with van der Waals surface area (Å²) >= 11 is 1.27. The molecule has 0 aliphatic carbocycles. The van der Waals surface area contributed by atoms with Crippen molar-refractivity contribution in [2.75, 3.05) is 18.5 Å². The van der Waals surface area contributed by atoms with E-state index in [9.17, 15) is 9.59 Å². The van der Waals surface area contributed by atoms with Gasteiger partial charge in [-0.2, -0.15) is 0 Å². The van der Waals surface area contributed by atoms with E-state index >= 15 is 0 Å². The number of hydrogen-bond acceptors (Lipinski definition) is 6. The van der Waals surface area contributed by atoms with E-state index in [2.05, 4.69) is 10.3 Å². The monoisotopic (exact) mass is 397 g/mol. The summed E-state index contributed by atoms with van der Waals surface area (Å²) in [6, 6.07) is 5.31. The number of nitrogens with one attached hydrogen (secondary N) is 1. The lowest BCUT2D eigenvalue weighted by Gasteiger charge is -2.18. The highest BCUT2D eigenvalue weighted by atomic mass is 32.1. The highest BCUT2D eigenvalue weighted by molar-refractivity contribution is 7.20. The standard InChI is InChI=1S/C20H19N3O4S/c1-11-16-19(22-15-4-2-3-7-23(15)20(16)25)28-17(11)18(24)21-12-5-6-13-14(10-12)27-9-8-26-13/h5-6,10H,2-4,7-9H2,1H3,(H,21,24). The Bertz CT molecular complexity index is 1160. The summed E-state index contributed by atoms with van der Waals surface area (Å²) < 4.78 is 12.8. The molecular formula is C20H19N3O4S. The summed E-state index contributed by atoms with van der Waals surface area (Å²) in [6.45, 7) is 3.52. The van der Waals surface area contributed by atoms with Gasteiger partial charge in [-0.3, -0.25) is 14.2 Å². The molecule has 0 bridgehead atoms. The zero-order valence-electron chi connectivity index (χ0n) is 15.4. The average molecular weight is 397 g/mol. The van der Waals surface area contributed by atoms with Crippen molar-refractivity contribution in [1.29, 1.82) is 0 Å². The van der Waals surface area contributed by atoms with Crippen LogP contribution in [0.5, 0.6) is 11.5 Å². The number of carbonyl (C=O) groups is 1. The molecule has 2 aliphatic heterocycles. The van der Waals surface area contributed by atoms with E-state index in [4.69, 9.17) is 9.47 Å². The van der Waals surface area contributed by atoms with Crippen molar-refractivity contribution in [1.82, 2.24) is 9.55 Å². The average Bonchev–Trinajstić information content (AvgIpc) is 3.05. The normalized spacial score (nSPS) is 15.3. The zero-order valence-corrected chi connectivity index (χ0v) is 16.2. The molecule has 1 amide bonds. The molecule has 0 atom stereocenters. The van der Waals surface area contributed by atoms with Crippen LogP contribution in [-0.4, -0.2) is 28.7 Å². The number of amides is 1. The zero-order chi connectivity index (χ0) is 19.3. The maximum absolute atomic E-state index is 12.9. The third-order valence-corrected chi connectivity index (χ3v) is 6.35. The Morgan fingerprint density at radius 2 is 2.04 bits per heavy atom. The highest BCUT2D eigenvalue weighted by Gasteiger charge is 2.23. The van der Waals surface area contributed by atoms with E-state index in [-0.39, 0.29) is 11.5 Å². The van der Waals surface area contributed by atoms with E-state index in [1.807, 2.05) is 6.92 Å². The van der Waals surface area contributed by atoms with E-state index in [0.717, 1.165) is 25.1 Å². The lowest BCUT2D eigenvalue weighted by molar-refractivity contribution is 0.103. The van der Waals surface area contributed by atoms with Gasteiger partial charge in [0.2, 0.25) is 0 Å². The quantitative estimate of drug-likeness (QED) is 0.718. The van der Waals surface area contributed by atoms with Crippen molar-refractivity contribution in [3.05, 3.63) is 44.8 Å².